The molecule has 1 aliphatic rings. The summed E-state index contributed by atoms with van der Waals surface area (Å²) >= 11 is 0. The fraction of sp³-hybridized carbons (Fsp3) is 0.400. The van der Waals surface area contributed by atoms with Crippen molar-refractivity contribution in [2.45, 2.75) is 32.6 Å². The molecule has 0 saturated carbocycles. The molecule has 4 nitrogen and oxygen atoms in total. The van der Waals surface area contributed by atoms with Crippen molar-refractivity contribution in [2.24, 2.45) is 0 Å². The van der Waals surface area contributed by atoms with E-state index in [1.54, 1.807) is 7.11 Å². The van der Waals surface area contributed by atoms with Crippen LogP contribution in [0.2, 0.25) is 0 Å². The smallest absolute Gasteiger partial charge is 0.145 e. The van der Waals surface area contributed by atoms with Crippen molar-refractivity contribution in [2.75, 3.05) is 12.8 Å². The Bertz CT molecular complexity index is 616. The summed E-state index contributed by atoms with van der Waals surface area (Å²) < 4.78 is 5.57. The second-order valence-corrected chi connectivity index (χ2v) is 5.14. The minimum Gasteiger partial charge on any atom is -0.496 e. The van der Waals surface area contributed by atoms with E-state index in [4.69, 9.17) is 10.5 Å². The Labute approximate surface area is 113 Å². The maximum atomic E-state index is 5.73. The molecule has 1 aliphatic carbocycles. The van der Waals surface area contributed by atoms with Crippen LogP contribution in [0.3, 0.4) is 0 Å². The highest BCUT2D eigenvalue weighted by Crippen LogP contribution is 2.40. The first-order valence-corrected chi connectivity index (χ1v) is 6.71. The molecule has 1 aromatic heterocycles. The van der Waals surface area contributed by atoms with Crippen LogP contribution in [0.25, 0.3) is 11.3 Å². The Hall–Kier alpha value is -1.97. The van der Waals surface area contributed by atoms with Gasteiger partial charge in [-0.2, -0.15) is 5.10 Å². The Morgan fingerprint density at radius 2 is 1.95 bits per heavy atom. The largest absolute Gasteiger partial charge is 0.496 e. The molecular weight excluding hydrogens is 238 g/mol. The van der Waals surface area contributed by atoms with Gasteiger partial charge in [0.15, 0.2) is 0 Å². The van der Waals surface area contributed by atoms with Crippen LogP contribution in [0.15, 0.2) is 12.1 Å². The van der Waals surface area contributed by atoms with E-state index in [0.29, 0.717) is 5.82 Å². The number of nitrogens with two attached hydrogens (primary N) is 1. The topological polar surface area (TPSA) is 63.9 Å². The first-order chi connectivity index (χ1) is 9.20. The van der Waals surface area contributed by atoms with Crippen molar-refractivity contribution in [1.82, 2.24) is 10.2 Å². The molecule has 0 saturated heterocycles. The van der Waals surface area contributed by atoms with Crippen LogP contribution in [-0.4, -0.2) is 17.3 Å². The maximum Gasteiger partial charge on any atom is 0.145 e. The third kappa shape index (κ3) is 1.97. The molecule has 1 aromatic carbocycles. The number of nitrogen functional groups attached to an aromatic ring is 1. The summed E-state index contributed by atoms with van der Waals surface area (Å²) in [5, 5.41) is 7.05. The molecule has 0 aliphatic heterocycles. The molecule has 0 bridgehead atoms. The number of aryl methyl sites for hydroxylation is 1. The highest BCUT2D eigenvalue weighted by Gasteiger charge is 2.21. The third-order valence-corrected chi connectivity index (χ3v) is 3.93. The molecule has 0 fully saturated rings. The average Bonchev–Trinajstić information content (AvgIpc) is 2.85. The van der Waals surface area contributed by atoms with E-state index < -0.39 is 0 Å². The number of rotatable bonds is 2. The third-order valence-electron chi connectivity index (χ3n) is 3.93. The van der Waals surface area contributed by atoms with Gasteiger partial charge < -0.3 is 10.5 Å². The minimum atomic E-state index is 0.516. The number of nitrogens with one attached hydrogen (secondary N) is 1. The summed E-state index contributed by atoms with van der Waals surface area (Å²) in [6.45, 7) is 2.16. The lowest BCUT2D eigenvalue weighted by atomic mass is 9.84. The normalized spacial score (nSPS) is 14.2. The van der Waals surface area contributed by atoms with Gasteiger partial charge in [-0.15, -0.1) is 0 Å². The minimum absolute atomic E-state index is 0.516. The molecule has 0 amide bonds. The van der Waals surface area contributed by atoms with E-state index in [1.165, 1.54) is 29.5 Å². The summed E-state index contributed by atoms with van der Waals surface area (Å²) in [5.74, 6) is 1.42. The number of ether oxygens (including phenoxy) is 1. The van der Waals surface area contributed by atoms with Crippen LogP contribution in [-0.2, 0) is 12.8 Å². The van der Waals surface area contributed by atoms with E-state index in [2.05, 4.69) is 23.2 Å². The zero-order valence-electron chi connectivity index (χ0n) is 11.4. The van der Waals surface area contributed by atoms with Gasteiger partial charge in [0.05, 0.1) is 12.8 Å². The van der Waals surface area contributed by atoms with Crippen LogP contribution < -0.4 is 10.5 Å². The summed E-state index contributed by atoms with van der Waals surface area (Å²) in [4.78, 5) is 0. The quantitative estimate of drug-likeness (QED) is 0.869. The van der Waals surface area contributed by atoms with Crippen molar-refractivity contribution in [3.8, 4) is 17.0 Å². The van der Waals surface area contributed by atoms with Crippen LogP contribution in [0.1, 0.15) is 29.5 Å². The van der Waals surface area contributed by atoms with E-state index in [1.807, 2.05) is 6.07 Å². The molecule has 0 radical (unpaired) electrons. The molecule has 19 heavy (non-hydrogen) atoms. The van der Waals surface area contributed by atoms with E-state index in [9.17, 15) is 0 Å². The van der Waals surface area contributed by atoms with Crippen molar-refractivity contribution >= 4 is 5.82 Å². The van der Waals surface area contributed by atoms with Gasteiger partial charge in [0.25, 0.3) is 0 Å². The van der Waals surface area contributed by atoms with Gasteiger partial charge >= 0.3 is 0 Å². The highest BCUT2D eigenvalue weighted by atomic mass is 16.5. The Kier molecular flexibility index (Phi) is 2.93. The van der Waals surface area contributed by atoms with E-state index in [0.717, 1.165) is 29.8 Å². The van der Waals surface area contributed by atoms with Gasteiger partial charge in [-0.1, -0.05) is 0 Å². The fourth-order valence-corrected chi connectivity index (χ4v) is 3.04. The molecule has 0 unspecified atom stereocenters. The molecule has 3 N–H and O–H groups in total. The summed E-state index contributed by atoms with van der Waals surface area (Å²) in [6.07, 6.45) is 4.75. The molecular formula is C15H19N3O. The molecule has 4 heteroatoms. The lowest BCUT2D eigenvalue weighted by Gasteiger charge is -2.23. The standard InChI is InChI=1S/C15H19N3O/c1-9-7-13(19-2)15(12-8-14(16)18-17-12)11-6-4-3-5-10(9)11/h7-8H,3-6H2,1-2H3,(H3,16,17,18). The maximum absolute atomic E-state index is 5.73. The van der Waals surface area contributed by atoms with Crippen molar-refractivity contribution in [3.05, 3.63) is 28.8 Å². The molecule has 2 aromatic rings. The first-order valence-electron chi connectivity index (χ1n) is 6.71. The number of H-pyrrole nitrogens is 1. The Morgan fingerprint density at radius 3 is 2.58 bits per heavy atom. The van der Waals surface area contributed by atoms with Crippen molar-refractivity contribution < 1.29 is 4.74 Å². The Morgan fingerprint density at radius 1 is 1.21 bits per heavy atom. The number of aromatic amines is 1. The molecule has 0 spiro atoms. The molecule has 100 valence electrons. The molecule has 3 rings (SSSR count). The first kappa shape index (κ1) is 12.1. The van der Waals surface area contributed by atoms with Gasteiger partial charge in [-0.05, 0) is 55.4 Å². The number of methoxy groups -OCH3 is 1. The number of aromatic nitrogens is 2. The number of nitrogens with zero attached hydrogens (tertiary/aromatic N) is 1. The zero-order valence-corrected chi connectivity index (χ0v) is 11.4. The predicted molar refractivity (Wildman–Crippen MR) is 76.4 cm³/mol. The molecule has 1 heterocycles. The highest BCUT2D eigenvalue weighted by molar-refractivity contribution is 5.75. The van der Waals surface area contributed by atoms with Crippen molar-refractivity contribution in [1.29, 1.82) is 0 Å². The second kappa shape index (κ2) is 4.61. The average molecular weight is 257 g/mol. The van der Waals surface area contributed by atoms with E-state index >= 15 is 0 Å². The summed E-state index contributed by atoms with van der Waals surface area (Å²) in [6, 6.07) is 4.00. The number of anilines is 1. The summed E-state index contributed by atoms with van der Waals surface area (Å²) in [7, 11) is 1.72. The number of hydrogen-bond acceptors (Lipinski definition) is 3. The van der Waals surface area contributed by atoms with Gasteiger partial charge in [0.1, 0.15) is 11.6 Å². The Balaban J connectivity index is 2.26. The van der Waals surface area contributed by atoms with Gasteiger partial charge in [-0.25, -0.2) is 0 Å². The van der Waals surface area contributed by atoms with Gasteiger partial charge in [0.2, 0.25) is 0 Å². The second-order valence-electron chi connectivity index (χ2n) is 5.14. The SMILES string of the molecule is COc1cc(C)c2c(c1-c1cc(N)n[nH]1)CCCC2. The van der Waals surface area contributed by atoms with Crippen molar-refractivity contribution in [3.63, 3.8) is 0 Å². The van der Waals surface area contributed by atoms with Crippen LogP contribution >= 0.6 is 0 Å². The van der Waals surface area contributed by atoms with Crippen LogP contribution in [0, 0.1) is 6.92 Å². The monoisotopic (exact) mass is 257 g/mol. The number of benzene rings is 1. The summed E-state index contributed by atoms with van der Waals surface area (Å²) in [5.41, 5.74) is 12.0. The van der Waals surface area contributed by atoms with Crippen LogP contribution in [0.5, 0.6) is 5.75 Å². The number of hydrogen-bond donors (Lipinski definition) is 2. The molecule has 0 atom stereocenters. The zero-order chi connectivity index (χ0) is 13.4. The van der Waals surface area contributed by atoms with E-state index in [-0.39, 0.29) is 0 Å². The van der Waals surface area contributed by atoms with Crippen LogP contribution in [0.4, 0.5) is 5.82 Å². The van der Waals surface area contributed by atoms with Gasteiger partial charge in [0, 0.05) is 11.6 Å². The fourth-order valence-electron chi connectivity index (χ4n) is 3.04. The van der Waals surface area contributed by atoms with Gasteiger partial charge in [-0.3, -0.25) is 5.10 Å². The number of fused-ring (bicyclic) bond motifs is 1. The lowest BCUT2D eigenvalue weighted by Crippen LogP contribution is -2.08. The lowest BCUT2D eigenvalue weighted by molar-refractivity contribution is 0.415. The predicted octanol–water partition coefficient (Wildman–Crippen LogP) is 2.85.